The molecule has 29 heavy (non-hydrogen) atoms. The molecular formula is C24H18Cl2N2O. The Balaban J connectivity index is 1.89. The number of amides is 1. The second-order valence-electron chi connectivity index (χ2n) is 6.95. The first-order valence-corrected chi connectivity index (χ1v) is 9.92. The zero-order valence-corrected chi connectivity index (χ0v) is 17.5. The van der Waals surface area contributed by atoms with Gasteiger partial charge in [-0.2, -0.15) is 0 Å². The van der Waals surface area contributed by atoms with Crippen molar-refractivity contribution in [2.45, 2.75) is 13.8 Å². The molecule has 0 saturated carbocycles. The second-order valence-corrected chi connectivity index (χ2v) is 7.74. The Labute approximate surface area is 179 Å². The van der Waals surface area contributed by atoms with E-state index in [1.165, 1.54) is 0 Å². The van der Waals surface area contributed by atoms with Crippen LogP contribution in [-0.4, -0.2) is 10.9 Å². The van der Waals surface area contributed by atoms with E-state index in [-0.39, 0.29) is 5.91 Å². The fraction of sp³-hybridized carbons (Fsp3) is 0.0833. The lowest BCUT2D eigenvalue weighted by molar-refractivity contribution is 0.102. The van der Waals surface area contributed by atoms with Gasteiger partial charge in [0, 0.05) is 10.9 Å². The molecule has 0 bridgehead atoms. The number of aromatic nitrogens is 1. The monoisotopic (exact) mass is 420 g/mol. The molecule has 1 amide bonds. The highest BCUT2D eigenvalue weighted by Crippen LogP contribution is 2.32. The van der Waals surface area contributed by atoms with Gasteiger partial charge in [-0.05, 0) is 43.7 Å². The summed E-state index contributed by atoms with van der Waals surface area (Å²) in [6.45, 7) is 4.01. The summed E-state index contributed by atoms with van der Waals surface area (Å²) < 4.78 is 0. The van der Waals surface area contributed by atoms with Gasteiger partial charge >= 0.3 is 0 Å². The predicted octanol–water partition coefficient (Wildman–Crippen LogP) is 7.08. The molecule has 3 aromatic carbocycles. The smallest absolute Gasteiger partial charge is 0.256 e. The number of nitrogens with zero attached hydrogens (tertiary/aromatic N) is 1. The van der Waals surface area contributed by atoms with Gasteiger partial charge in [-0.3, -0.25) is 4.79 Å². The molecule has 0 unspecified atom stereocenters. The lowest BCUT2D eigenvalue weighted by atomic mass is 9.99. The predicted molar refractivity (Wildman–Crippen MR) is 121 cm³/mol. The summed E-state index contributed by atoms with van der Waals surface area (Å²) in [5, 5.41) is 4.40. The van der Waals surface area contributed by atoms with Crippen molar-refractivity contribution in [2.24, 2.45) is 0 Å². The van der Waals surface area contributed by atoms with Crippen LogP contribution in [-0.2, 0) is 0 Å². The Morgan fingerprint density at radius 2 is 1.69 bits per heavy atom. The molecular weight excluding hydrogens is 403 g/mol. The first-order chi connectivity index (χ1) is 13.9. The molecule has 3 nitrogen and oxygen atoms in total. The van der Waals surface area contributed by atoms with Crippen molar-refractivity contribution in [3.8, 4) is 11.3 Å². The number of anilines is 1. The van der Waals surface area contributed by atoms with Crippen LogP contribution in [0.3, 0.4) is 0 Å². The Morgan fingerprint density at radius 3 is 2.45 bits per heavy atom. The number of carbonyl (C=O) groups excluding carboxylic acids is 1. The average Bonchev–Trinajstić information content (AvgIpc) is 2.71. The summed E-state index contributed by atoms with van der Waals surface area (Å²) in [4.78, 5) is 18.1. The number of hydrogen-bond acceptors (Lipinski definition) is 2. The minimum Gasteiger partial charge on any atom is -0.321 e. The molecule has 1 aromatic heterocycles. The third-order valence-corrected chi connectivity index (χ3v) is 5.58. The van der Waals surface area contributed by atoms with E-state index in [0.29, 0.717) is 21.3 Å². The molecule has 0 saturated heterocycles. The number of rotatable bonds is 3. The summed E-state index contributed by atoms with van der Waals surface area (Å²) >= 11 is 12.4. The minimum absolute atomic E-state index is 0.260. The van der Waals surface area contributed by atoms with Gasteiger partial charge in [-0.1, -0.05) is 71.2 Å². The van der Waals surface area contributed by atoms with Gasteiger partial charge in [-0.15, -0.1) is 0 Å². The lowest BCUT2D eigenvalue weighted by Gasteiger charge is -2.14. The van der Waals surface area contributed by atoms with Crippen LogP contribution in [0.25, 0.3) is 22.2 Å². The van der Waals surface area contributed by atoms with Crippen molar-refractivity contribution in [3.63, 3.8) is 0 Å². The summed E-state index contributed by atoms with van der Waals surface area (Å²) in [5.41, 5.74) is 5.60. The zero-order valence-electron chi connectivity index (χ0n) is 16.0. The largest absolute Gasteiger partial charge is 0.321 e. The van der Waals surface area contributed by atoms with E-state index >= 15 is 0 Å². The number of hydrogen-bond donors (Lipinski definition) is 1. The molecule has 0 spiro atoms. The van der Waals surface area contributed by atoms with E-state index in [4.69, 9.17) is 28.2 Å². The maximum atomic E-state index is 13.3. The molecule has 1 heterocycles. The topological polar surface area (TPSA) is 42.0 Å². The summed E-state index contributed by atoms with van der Waals surface area (Å²) in [6.07, 6.45) is 0. The lowest BCUT2D eigenvalue weighted by Crippen LogP contribution is -2.14. The quantitative estimate of drug-likeness (QED) is 0.384. The molecule has 0 aliphatic heterocycles. The van der Waals surface area contributed by atoms with E-state index in [0.717, 1.165) is 33.3 Å². The second kappa shape index (κ2) is 7.86. The molecule has 144 valence electrons. The third-order valence-electron chi connectivity index (χ3n) is 4.76. The van der Waals surface area contributed by atoms with E-state index in [1.807, 2.05) is 56.3 Å². The molecule has 4 aromatic rings. The highest BCUT2D eigenvalue weighted by molar-refractivity contribution is 6.44. The van der Waals surface area contributed by atoms with E-state index in [2.05, 4.69) is 11.4 Å². The number of fused-ring (bicyclic) bond motifs is 1. The van der Waals surface area contributed by atoms with Crippen LogP contribution in [0.4, 0.5) is 5.69 Å². The van der Waals surface area contributed by atoms with Crippen LogP contribution in [0.5, 0.6) is 0 Å². The number of carbonyl (C=O) groups is 1. The molecule has 4 rings (SSSR count). The molecule has 0 aliphatic rings. The highest BCUT2D eigenvalue weighted by Gasteiger charge is 2.17. The van der Waals surface area contributed by atoms with Gasteiger partial charge in [0.15, 0.2) is 0 Å². The Hall–Kier alpha value is -2.88. The van der Waals surface area contributed by atoms with Crippen molar-refractivity contribution < 1.29 is 4.79 Å². The SMILES string of the molecule is Cc1cc(C)c2nc(-c3ccccc3)cc(C(=O)Nc3cccc(Cl)c3Cl)c2c1. The Bertz CT molecular complexity index is 1240. The van der Waals surface area contributed by atoms with Crippen LogP contribution < -0.4 is 5.32 Å². The molecule has 5 heteroatoms. The van der Waals surface area contributed by atoms with Crippen LogP contribution in [0.2, 0.25) is 10.0 Å². The van der Waals surface area contributed by atoms with E-state index in [9.17, 15) is 4.79 Å². The highest BCUT2D eigenvalue weighted by atomic mass is 35.5. The molecule has 1 N–H and O–H groups in total. The van der Waals surface area contributed by atoms with Crippen molar-refractivity contribution in [1.29, 1.82) is 0 Å². The summed E-state index contributed by atoms with van der Waals surface area (Å²) in [7, 11) is 0. The molecule has 0 atom stereocenters. The van der Waals surface area contributed by atoms with Crippen LogP contribution in [0, 0.1) is 13.8 Å². The Kier molecular flexibility index (Phi) is 5.27. The number of nitrogens with one attached hydrogen (secondary N) is 1. The third kappa shape index (κ3) is 3.84. The van der Waals surface area contributed by atoms with Crippen molar-refractivity contribution in [2.75, 3.05) is 5.32 Å². The van der Waals surface area contributed by atoms with Gasteiger partial charge < -0.3 is 5.32 Å². The fourth-order valence-electron chi connectivity index (χ4n) is 3.42. The van der Waals surface area contributed by atoms with Gasteiger partial charge in [0.05, 0.1) is 32.5 Å². The van der Waals surface area contributed by atoms with Gasteiger partial charge in [0.25, 0.3) is 5.91 Å². The average molecular weight is 421 g/mol. The first kappa shape index (κ1) is 19.4. The van der Waals surface area contributed by atoms with Gasteiger partial charge in [-0.25, -0.2) is 4.98 Å². The van der Waals surface area contributed by atoms with Crippen LogP contribution >= 0.6 is 23.2 Å². The van der Waals surface area contributed by atoms with Crippen LogP contribution in [0.15, 0.2) is 66.7 Å². The standard InChI is InChI=1S/C24H18Cl2N2O/c1-14-11-15(2)23-17(12-14)18(13-21(27-23)16-7-4-3-5-8-16)24(29)28-20-10-6-9-19(25)22(20)26/h3-13H,1-2H3,(H,28,29). The number of benzene rings is 3. The van der Waals surface area contributed by atoms with Crippen molar-refractivity contribution >= 4 is 45.7 Å². The fourth-order valence-corrected chi connectivity index (χ4v) is 3.76. The normalized spacial score (nSPS) is 10.9. The molecule has 0 fully saturated rings. The number of pyridine rings is 1. The maximum Gasteiger partial charge on any atom is 0.256 e. The van der Waals surface area contributed by atoms with E-state index in [1.54, 1.807) is 18.2 Å². The van der Waals surface area contributed by atoms with Crippen molar-refractivity contribution in [1.82, 2.24) is 4.98 Å². The molecule has 0 aliphatic carbocycles. The summed E-state index contributed by atoms with van der Waals surface area (Å²) in [5.74, 6) is -0.260. The molecule has 0 radical (unpaired) electrons. The van der Waals surface area contributed by atoms with Gasteiger partial charge in [0.1, 0.15) is 0 Å². The van der Waals surface area contributed by atoms with E-state index < -0.39 is 0 Å². The zero-order chi connectivity index (χ0) is 20.5. The summed E-state index contributed by atoms with van der Waals surface area (Å²) in [6, 6.07) is 20.9. The van der Waals surface area contributed by atoms with Gasteiger partial charge in [0.2, 0.25) is 0 Å². The number of halogens is 2. The Morgan fingerprint density at radius 1 is 0.931 bits per heavy atom. The minimum atomic E-state index is -0.260. The van der Waals surface area contributed by atoms with Crippen molar-refractivity contribution in [3.05, 3.63) is 93.5 Å². The maximum absolute atomic E-state index is 13.3. The van der Waals surface area contributed by atoms with Crippen LogP contribution in [0.1, 0.15) is 21.5 Å². The first-order valence-electron chi connectivity index (χ1n) is 9.17. The number of aryl methyl sites for hydroxylation is 2.